The van der Waals surface area contributed by atoms with Crippen molar-refractivity contribution in [1.82, 2.24) is 15.0 Å². The molecule has 10 nitrogen and oxygen atoms in total. The Kier molecular flexibility index (Phi) is 6.77. The van der Waals surface area contributed by atoms with E-state index in [-0.39, 0.29) is 17.7 Å². The molecule has 0 bridgehead atoms. The van der Waals surface area contributed by atoms with Gasteiger partial charge in [-0.05, 0) is 50.2 Å². The van der Waals surface area contributed by atoms with Gasteiger partial charge >= 0.3 is 11.9 Å². The maximum Gasteiger partial charge on any atom is 0.335 e. The molecule has 0 unspecified atom stereocenters. The third kappa shape index (κ3) is 5.07. The molecule has 2 aromatic carbocycles. The fourth-order valence-electron chi connectivity index (χ4n) is 3.84. The van der Waals surface area contributed by atoms with E-state index in [0.717, 1.165) is 17.1 Å². The summed E-state index contributed by atoms with van der Waals surface area (Å²) in [7, 11) is 0. The Labute approximate surface area is 205 Å². The average molecular weight is 486 g/mol. The number of para-hydroxylation sites is 1. The smallest absolute Gasteiger partial charge is 0.335 e. The largest absolute Gasteiger partial charge is 0.481 e. The number of hydrogen-bond acceptors (Lipinski definition) is 6. The Bertz CT molecular complexity index is 1480. The van der Waals surface area contributed by atoms with Gasteiger partial charge in [-0.1, -0.05) is 18.2 Å². The molecule has 0 radical (unpaired) electrons. The van der Waals surface area contributed by atoms with Crippen LogP contribution in [0.2, 0.25) is 0 Å². The van der Waals surface area contributed by atoms with Crippen LogP contribution >= 0.6 is 0 Å². The highest BCUT2D eigenvalue weighted by atomic mass is 16.5. The molecule has 0 saturated carbocycles. The van der Waals surface area contributed by atoms with Gasteiger partial charge in [-0.25, -0.2) is 15.0 Å². The minimum Gasteiger partial charge on any atom is -0.481 e. The second-order valence-corrected chi connectivity index (χ2v) is 7.95. The summed E-state index contributed by atoms with van der Waals surface area (Å²) in [5.74, 6) is -2.44. The van der Waals surface area contributed by atoms with Gasteiger partial charge < -0.3 is 19.5 Å². The van der Waals surface area contributed by atoms with Crippen LogP contribution in [-0.2, 0) is 4.79 Å². The van der Waals surface area contributed by atoms with E-state index in [9.17, 15) is 24.6 Å². The third-order valence-corrected chi connectivity index (χ3v) is 5.49. The highest BCUT2D eigenvalue weighted by Crippen LogP contribution is 2.24. The molecule has 0 aliphatic heterocycles. The lowest BCUT2D eigenvalue weighted by molar-refractivity contribution is -0.123. The summed E-state index contributed by atoms with van der Waals surface area (Å²) in [6, 6.07) is 14.9. The summed E-state index contributed by atoms with van der Waals surface area (Å²) in [4.78, 5) is 39.5. The predicted octanol–water partition coefficient (Wildman–Crippen LogP) is 3.57. The van der Waals surface area contributed by atoms with Crippen LogP contribution in [0, 0.1) is 13.8 Å². The number of pyridine rings is 1. The van der Waals surface area contributed by atoms with E-state index in [1.165, 1.54) is 18.3 Å². The lowest BCUT2D eigenvalue weighted by atomic mass is 10.1. The zero-order valence-electron chi connectivity index (χ0n) is 19.4. The minimum absolute atomic E-state index is 0.138. The second-order valence-electron chi connectivity index (χ2n) is 7.95. The summed E-state index contributed by atoms with van der Waals surface area (Å²) >= 11 is 0. The first-order valence-electron chi connectivity index (χ1n) is 10.8. The molecule has 3 N–H and O–H groups in total. The first-order chi connectivity index (χ1) is 17.2. The molecule has 36 heavy (non-hydrogen) atoms. The second kappa shape index (κ2) is 10.1. The molecule has 0 saturated heterocycles. The molecule has 2 heterocycles. The number of nitrogens with one attached hydrogen (secondary N) is 1. The van der Waals surface area contributed by atoms with E-state index in [4.69, 9.17) is 4.74 Å². The van der Waals surface area contributed by atoms with E-state index >= 15 is 0 Å². The van der Waals surface area contributed by atoms with Crippen molar-refractivity contribution >= 4 is 35.0 Å². The quantitative estimate of drug-likeness (QED) is 0.255. The van der Waals surface area contributed by atoms with Gasteiger partial charge in [0.2, 0.25) is 0 Å². The number of aromatic carboxylic acids is 2. The molecule has 0 aliphatic carbocycles. The van der Waals surface area contributed by atoms with Crippen LogP contribution in [0.1, 0.15) is 37.7 Å². The molecule has 10 heteroatoms. The Morgan fingerprint density at radius 2 is 1.72 bits per heavy atom. The van der Waals surface area contributed by atoms with Gasteiger partial charge in [0.1, 0.15) is 11.3 Å². The first-order valence-corrected chi connectivity index (χ1v) is 10.8. The van der Waals surface area contributed by atoms with Crippen LogP contribution in [0.4, 0.5) is 0 Å². The lowest BCUT2D eigenvalue weighted by Crippen LogP contribution is -2.24. The maximum absolute atomic E-state index is 12.2. The number of ether oxygens (including phenoxy) is 1. The Morgan fingerprint density at radius 1 is 1.03 bits per heavy atom. The fourth-order valence-corrected chi connectivity index (χ4v) is 3.84. The molecule has 4 aromatic rings. The summed E-state index contributed by atoms with van der Waals surface area (Å²) in [5, 5.41) is 23.6. The van der Waals surface area contributed by atoms with Crippen molar-refractivity contribution in [2.75, 3.05) is 6.61 Å². The van der Waals surface area contributed by atoms with Gasteiger partial charge in [-0.2, -0.15) is 5.10 Å². The first kappa shape index (κ1) is 24.1. The van der Waals surface area contributed by atoms with E-state index in [2.05, 4.69) is 15.5 Å². The summed E-state index contributed by atoms with van der Waals surface area (Å²) in [5.41, 5.74) is 5.25. The molecule has 182 valence electrons. The Morgan fingerprint density at radius 3 is 2.42 bits per heavy atom. The van der Waals surface area contributed by atoms with Crippen molar-refractivity contribution in [2.24, 2.45) is 5.10 Å². The van der Waals surface area contributed by atoms with Crippen LogP contribution in [-0.4, -0.2) is 50.4 Å². The number of rotatable bonds is 8. The number of aromatic nitrogens is 2. The van der Waals surface area contributed by atoms with Crippen LogP contribution in [0.5, 0.6) is 5.75 Å². The minimum atomic E-state index is -1.23. The summed E-state index contributed by atoms with van der Waals surface area (Å²) in [6.45, 7) is 3.32. The number of benzene rings is 2. The average Bonchev–Trinajstić information content (AvgIpc) is 3.14. The van der Waals surface area contributed by atoms with Crippen molar-refractivity contribution < 1.29 is 29.3 Å². The Balaban J connectivity index is 1.48. The number of hydrazone groups is 1. The topological polar surface area (TPSA) is 143 Å². The lowest BCUT2D eigenvalue weighted by Gasteiger charge is -2.12. The SMILES string of the molecule is Cc1cc(/C=N\NC(=O)COc2cccc3cccnc23)c(C)n1-c1cc(C(=O)O)cc(C(=O)O)c1. The molecule has 0 atom stereocenters. The number of carbonyl (C=O) groups is 3. The van der Waals surface area contributed by atoms with Crippen LogP contribution < -0.4 is 10.2 Å². The fraction of sp³-hybridized carbons (Fsp3) is 0.115. The van der Waals surface area contributed by atoms with Crippen molar-refractivity contribution in [3.63, 3.8) is 0 Å². The molecule has 2 aromatic heterocycles. The number of nitrogens with zero attached hydrogens (tertiary/aromatic N) is 3. The van der Waals surface area contributed by atoms with Crippen molar-refractivity contribution in [1.29, 1.82) is 0 Å². The third-order valence-electron chi connectivity index (χ3n) is 5.49. The normalized spacial score (nSPS) is 11.1. The van der Waals surface area contributed by atoms with Gasteiger partial charge in [0, 0.05) is 34.2 Å². The van der Waals surface area contributed by atoms with Crippen molar-refractivity contribution in [3.05, 3.63) is 88.9 Å². The van der Waals surface area contributed by atoms with Crippen molar-refractivity contribution in [2.45, 2.75) is 13.8 Å². The van der Waals surface area contributed by atoms with E-state index in [0.29, 0.717) is 28.2 Å². The number of fused-ring (bicyclic) bond motifs is 1. The van der Waals surface area contributed by atoms with Gasteiger partial charge in [0.15, 0.2) is 6.61 Å². The van der Waals surface area contributed by atoms with Crippen LogP contribution in [0.25, 0.3) is 16.6 Å². The standard InChI is InChI=1S/C26H22N4O6/c1-15-9-20(16(2)30(15)21-11-18(25(32)33)10-19(12-21)26(34)35)13-28-29-23(31)14-36-22-7-3-5-17-6-4-8-27-24(17)22/h3-13H,14H2,1-2H3,(H,29,31)(H,32,33)(H,34,35)/b28-13-. The van der Waals surface area contributed by atoms with E-state index in [1.807, 2.05) is 24.3 Å². The molecule has 0 fully saturated rings. The Hall–Kier alpha value is -4.99. The van der Waals surface area contributed by atoms with Crippen molar-refractivity contribution in [3.8, 4) is 11.4 Å². The van der Waals surface area contributed by atoms with Gasteiger partial charge in [-0.3, -0.25) is 9.78 Å². The maximum atomic E-state index is 12.2. The van der Waals surface area contributed by atoms with E-state index in [1.54, 1.807) is 36.7 Å². The summed E-state index contributed by atoms with van der Waals surface area (Å²) in [6.07, 6.45) is 3.10. The van der Waals surface area contributed by atoms with Crippen LogP contribution in [0.3, 0.4) is 0 Å². The predicted molar refractivity (Wildman–Crippen MR) is 132 cm³/mol. The molecular weight excluding hydrogens is 464 g/mol. The zero-order chi connectivity index (χ0) is 25.8. The van der Waals surface area contributed by atoms with E-state index < -0.39 is 17.8 Å². The monoisotopic (exact) mass is 486 g/mol. The molecule has 1 amide bonds. The number of carbonyl (C=O) groups excluding carboxylic acids is 1. The summed E-state index contributed by atoms with van der Waals surface area (Å²) < 4.78 is 7.32. The molecule has 4 rings (SSSR count). The number of carboxylic acids is 2. The molecule has 0 aliphatic rings. The highest BCUT2D eigenvalue weighted by Gasteiger charge is 2.16. The van der Waals surface area contributed by atoms with Gasteiger partial charge in [0.05, 0.1) is 17.3 Å². The van der Waals surface area contributed by atoms with Crippen LogP contribution in [0.15, 0.2) is 65.9 Å². The molecule has 0 spiro atoms. The zero-order valence-corrected chi connectivity index (χ0v) is 19.4. The number of hydrogen-bond donors (Lipinski definition) is 3. The highest BCUT2D eigenvalue weighted by molar-refractivity contribution is 5.95. The molecular formula is C26H22N4O6. The van der Waals surface area contributed by atoms with Gasteiger partial charge in [-0.15, -0.1) is 0 Å². The number of amides is 1. The van der Waals surface area contributed by atoms with Gasteiger partial charge in [0.25, 0.3) is 5.91 Å². The number of carboxylic acid groups (broad SMARTS) is 2. The number of aryl methyl sites for hydroxylation is 1.